The lowest BCUT2D eigenvalue weighted by Crippen LogP contribution is -2.18. The fourth-order valence-corrected chi connectivity index (χ4v) is 2.71. The van der Waals surface area contributed by atoms with Gasteiger partial charge in [-0.3, -0.25) is 0 Å². The average molecular weight is 298 g/mol. The fraction of sp³-hybridized carbons (Fsp3) is 0.222. The van der Waals surface area contributed by atoms with Crippen LogP contribution < -0.4 is 10.5 Å². The Labute approximate surface area is 129 Å². The predicted molar refractivity (Wildman–Crippen MR) is 86.7 cm³/mol. The Bertz CT molecular complexity index is 791. The van der Waals surface area contributed by atoms with Crippen LogP contribution in [0.2, 0.25) is 0 Å². The summed E-state index contributed by atoms with van der Waals surface area (Å²) < 4.78 is 21.1. The van der Waals surface area contributed by atoms with Crippen molar-refractivity contribution in [2.45, 2.75) is 19.4 Å². The topological polar surface area (TPSA) is 40.2 Å². The maximum atomic E-state index is 13.0. The zero-order chi connectivity index (χ0) is 15.7. The Morgan fingerprint density at radius 3 is 2.50 bits per heavy atom. The van der Waals surface area contributed by atoms with Gasteiger partial charge in [0, 0.05) is 24.0 Å². The number of nitrogens with two attached hydrogens (primary N) is 1. The van der Waals surface area contributed by atoms with Gasteiger partial charge in [-0.2, -0.15) is 0 Å². The van der Waals surface area contributed by atoms with Gasteiger partial charge >= 0.3 is 0 Å². The molecule has 0 bridgehead atoms. The smallest absolute Gasteiger partial charge is 0.204 e. The first-order valence-electron chi connectivity index (χ1n) is 7.31. The summed E-state index contributed by atoms with van der Waals surface area (Å²) in [7, 11) is 1.96. The molecule has 3 nitrogen and oxygen atoms in total. The summed E-state index contributed by atoms with van der Waals surface area (Å²) in [5.74, 6) is 1.09. The molecule has 1 unspecified atom stereocenters. The van der Waals surface area contributed by atoms with Crippen LogP contribution in [-0.2, 0) is 13.5 Å². The molecule has 4 heteroatoms. The van der Waals surface area contributed by atoms with Crippen molar-refractivity contribution in [1.29, 1.82) is 0 Å². The number of benzene rings is 2. The molecule has 0 aliphatic heterocycles. The minimum Gasteiger partial charge on any atom is -0.441 e. The zero-order valence-electron chi connectivity index (χ0n) is 12.7. The molecular formula is C18H19FN2O. The molecule has 22 heavy (non-hydrogen) atoms. The van der Waals surface area contributed by atoms with Gasteiger partial charge in [-0.05, 0) is 43.7 Å². The van der Waals surface area contributed by atoms with E-state index >= 15 is 0 Å². The van der Waals surface area contributed by atoms with E-state index in [0.717, 1.165) is 28.8 Å². The van der Waals surface area contributed by atoms with Gasteiger partial charge in [0.25, 0.3) is 0 Å². The lowest BCUT2D eigenvalue weighted by Gasteiger charge is -2.11. The zero-order valence-corrected chi connectivity index (χ0v) is 12.7. The van der Waals surface area contributed by atoms with Crippen LogP contribution in [0.1, 0.15) is 12.5 Å². The van der Waals surface area contributed by atoms with Crippen molar-refractivity contribution >= 4 is 10.9 Å². The second kappa shape index (κ2) is 5.81. The summed E-state index contributed by atoms with van der Waals surface area (Å²) in [6.07, 6.45) is 0.720. The molecule has 2 aromatic carbocycles. The van der Waals surface area contributed by atoms with Crippen molar-refractivity contribution in [3.05, 3.63) is 59.9 Å². The molecule has 0 aliphatic rings. The molecule has 0 saturated heterocycles. The van der Waals surface area contributed by atoms with Gasteiger partial charge in [0.15, 0.2) is 0 Å². The number of aryl methyl sites for hydroxylation is 1. The van der Waals surface area contributed by atoms with E-state index in [9.17, 15) is 4.39 Å². The first-order chi connectivity index (χ1) is 10.6. The molecule has 0 aliphatic carbocycles. The fourth-order valence-electron chi connectivity index (χ4n) is 2.71. The second-order valence-corrected chi connectivity index (χ2v) is 5.60. The third-order valence-electron chi connectivity index (χ3n) is 3.71. The molecule has 1 atom stereocenters. The number of ether oxygens (including phenoxy) is 1. The number of halogens is 1. The second-order valence-electron chi connectivity index (χ2n) is 5.60. The molecule has 1 aromatic heterocycles. The standard InChI is InChI=1S/C18H19FN2O/c1-12(20)11-16-15-5-3-4-6-17(15)21(2)18(16)22-14-9-7-13(19)8-10-14/h3-10,12H,11,20H2,1-2H3. The Balaban J connectivity index is 2.10. The number of aromatic nitrogens is 1. The van der Waals surface area contributed by atoms with Crippen LogP contribution in [0.4, 0.5) is 4.39 Å². The van der Waals surface area contributed by atoms with Crippen molar-refractivity contribution in [3.63, 3.8) is 0 Å². The van der Waals surface area contributed by atoms with Gasteiger partial charge < -0.3 is 15.0 Å². The van der Waals surface area contributed by atoms with Crippen molar-refractivity contribution in [2.75, 3.05) is 0 Å². The molecule has 0 spiro atoms. The maximum Gasteiger partial charge on any atom is 0.204 e. The summed E-state index contributed by atoms with van der Waals surface area (Å²) in [6.45, 7) is 1.98. The van der Waals surface area contributed by atoms with Crippen LogP contribution in [0.5, 0.6) is 11.6 Å². The van der Waals surface area contributed by atoms with Gasteiger partial charge in [0.2, 0.25) is 5.88 Å². The van der Waals surface area contributed by atoms with E-state index < -0.39 is 0 Å². The van der Waals surface area contributed by atoms with Gasteiger partial charge in [0.05, 0.1) is 5.52 Å². The van der Waals surface area contributed by atoms with Crippen LogP contribution in [0.15, 0.2) is 48.5 Å². The average Bonchev–Trinajstić information content (AvgIpc) is 2.75. The number of fused-ring (bicyclic) bond motifs is 1. The van der Waals surface area contributed by atoms with E-state index in [1.165, 1.54) is 12.1 Å². The first-order valence-corrected chi connectivity index (χ1v) is 7.31. The quantitative estimate of drug-likeness (QED) is 0.791. The molecule has 1 heterocycles. The normalized spacial score (nSPS) is 12.5. The van der Waals surface area contributed by atoms with Gasteiger partial charge in [-0.15, -0.1) is 0 Å². The molecule has 3 aromatic rings. The lowest BCUT2D eigenvalue weighted by atomic mass is 10.1. The van der Waals surface area contributed by atoms with Gasteiger partial charge in [0.1, 0.15) is 11.6 Å². The molecule has 2 N–H and O–H groups in total. The van der Waals surface area contributed by atoms with Crippen LogP contribution in [0.3, 0.4) is 0 Å². The lowest BCUT2D eigenvalue weighted by molar-refractivity contribution is 0.437. The van der Waals surface area contributed by atoms with E-state index in [0.29, 0.717) is 5.75 Å². The summed E-state index contributed by atoms with van der Waals surface area (Å²) in [6, 6.07) is 14.2. The van der Waals surface area contributed by atoms with Gasteiger partial charge in [-0.25, -0.2) is 4.39 Å². The highest BCUT2D eigenvalue weighted by atomic mass is 19.1. The molecular weight excluding hydrogens is 279 g/mol. The minimum atomic E-state index is -0.278. The maximum absolute atomic E-state index is 13.0. The van der Waals surface area contributed by atoms with Crippen LogP contribution in [-0.4, -0.2) is 10.6 Å². The van der Waals surface area contributed by atoms with Crippen molar-refractivity contribution in [2.24, 2.45) is 12.8 Å². The molecule has 0 saturated carbocycles. The molecule has 0 fully saturated rings. The Morgan fingerprint density at radius 2 is 1.82 bits per heavy atom. The first kappa shape index (κ1) is 14.6. The summed E-state index contributed by atoms with van der Waals surface area (Å²) in [4.78, 5) is 0. The Hall–Kier alpha value is -2.33. The van der Waals surface area contributed by atoms with E-state index in [2.05, 4.69) is 12.1 Å². The monoisotopic (exact) mass is 298 g/mol. The highest BCUT2D eigenvalue weighted by Gasteiger charge is 2.18. The van der Waals surface area contributed by atoms with E-state index in [1.54, 1.807) is 12.1 Å². The summed E-state index contributed by atoms with van der Waals surface area (Å²) >= 11 is 0. The number of para-hydroxylation sites is 1. The number of nitrogens with zero attached hydrogens (tertiary/aromatic N) is 1. The van der Waals surface area contributed by atoms with Crippen molar-refractivity contribution < 1.29 is 9.13 Å². The largest absolute Gasteiger partial charge is 0.441 e. The van der Waals surface area contributed by atoms with E-state index in [-0.39, 0.29) is 11.9 Å². The van der Waals surface area contributed by atoms with E-state index in [1.807, 2.05) is 30.7 Å². The van der Waals surface area contributed by atoms with Gasteiger partial charge in [-0.1, -0.05) is 18.2 Å². The van der Waals surface area contributed by atoms with Crippen LogP contribution in [0, 0.1) is 5.82 Å². The predicted octanol–water partition coefficient (Wildman–Crippen LogP) is 4.00. The molecule has 114 valence electrons. The van der Waals surface area contributed by atoms with Crippen LogP contribution >= 0.6 is 0 Å². The Kier molecular flexibility index (Phi) is 3.86. The number of hydrogen-bond acceptors (Lipinski definition) is 2. The Morgan fingerprint density at radius 1 is 1.14 bits per heavy atom. The molecule has 0 radical (unpaired) electrons. The summed E-state index contributed by atoms with van der Waals surface area (Å²) in [5, 5.41) is 1.14. The van der Waals surface area contributed by atoms with E-state index in [4.69, 9.17) is 10.5 Å². The third-order valence-corrected chi connectivity index (χ3v) is 3.71. The summed E-state index contributed by atoms with van der Waals surface area (Å²) in [5.41, 5.74) is 8.17. The highest BCUT2D eigenvalue weighted by molar-refractivity contribution is 5.87. The van der Waals surface area contributed by atoms with Crippen molar-refractivity contribution in [1.82, 2.24) is 4.57 Å². The van der Waals surface area contributed by atoms with Crippen molar-refractivity contribution in [3.8, 4) is 11.6 Å². The number of rotatable bonds is 4. The SMILES string of the molecule is CC(N)Cc1c(Oc2ccc(F)cc2)n(C)c2ccccc12. The molecule has 3 rings (SSSR count). The molecule has 0 amide bonds. The highest BCUT2D eigenvalue weighted by Crippen LogP contribution is 2.35. The number of hydrogen-bond donors (Lipinski definition) is 1. The third kappa shape index (κ3) is 2.70. The van der Waals surface area contributed by atoms with Crippen LogP contribution in [0.25, 0.3) is 10.9 Å². The minimum absolute atomic E-state index is 0.0290.